The van der Waals surface area contributed by atoms with Gasteiger partial charge < -0.3 is 4.74 Å². The second-order valence-electron chi connectivity index (χ2n) is 6.08. The van der Waals surface area contributed by atoms with E-state index in [1.165, 1.54) is 83.5 Å². The number of unbranched alkanes of at least 4 members (excludes halogenated alkanes) is 11. The van der Waals surface area contributed by atoms with Gasteiger partial charge in [-0.1, -0.05) is 84.0 Å². The average molecular weight is 363 g/mol. The van der Waals surface area contributed by atoms with Gasteiger partial charge in [0.2, 0.25) is 0 Å². The van der Waals surface area contributed by atoms with Crippen molar-refractivity contribution in [3.63, 3.8) is 0 Å². The molecule has 136 valence electrons. The molecular formula is C16H35NaO5S. The van der Waals surface area contributed by atoms with Crippen LogP contribution in [0.3, 0.4) is 0 Å². The Morgan fingerprint density at radius 2 is 1.13 bits per heavy atom. The van der Waals surface area contributed by atoms with E-state index in [-0.39, 0.29) is 29.6 Å². The summed E-state index contributed by atoms with van der Waals surface area (Å²) in [6, 6.07) is 0. The fraction of sp³-hybridized carbons (Fsp3) is 1.00. The van der Waals surface area contributed by atoms with Crippen molar-refractivity contribution >= 4 is 40.0 Å². The van der Waals surface area contributed by atoms with Gasteiger partial charge in [-0.3, -0.25) is 9.11 Å². The predicted octanol–water partition coefficient (Wildman–Crippen LogP) is 4.18. The van der Waals surface area contributed by atoms with E-state index in [0.29, 0.717) is 6.10 Å². The third-order valence-electron chi connectivity index (χ3n) is 3.78. The molecule has 1 rings (SSSR count). The molecule has 1 fully saturated rings. The summed E-state index contributed by atoms with van der Waals surface area (Å²) in [4.78, 5) is 0. The standard InChI is InChI=1S/C16H32O.Na.H2O4S.H/c1-2-3-4-5-6-7-8-9-10-11-12-13-14-16-15-17-16;;1-5(2,3)4;/h16H,2-15H2,1H3;;(H2,1,2,3,4);. The predicted molar refractivity (Wildman–Crippen MR) is 96.8 cm³/mol. The molecule has 1 unspecified atom stereocenters. The van der Waals surface area contributed by atoms with Crippen LogP contribution in [0.1, 0.15) is 90.4 Å². The van der Waals surface area contributed by atoms with Gasteiger partial charge in [-0.05, 0) is 6.42 Å². The van der Waals surface area contributed by atoms with Crippen LogP contribution in [0.5, 0.6) is 0 Å². The zero-order valence-corrected chi connectivity index (χ0v) is 14.8. The molecule has 1 aliphatic heterocycles. The second-order valence-corrected chi connectivity index (χ2v) is 6.98. The Morgan fingerprint density at radius 1 is 0.826 bits per heavy atom. The number of hydrogen-bond acceptors (Lipinski definition) is 3. The maximum atomic E-state index is 8.74. The Morgan fingerprint density at radius 3 is 1.43 bits per heavy atom. The first kappa shape index (κ1) is 26.1. The van der Waals surface area contributed by atoms with Crippen LogP contribution in [0.15, 0.2) is 0 Å². The van der Waals surface area contributed by atoms with E-state index in [1.54, 1.807) is 0 Å². The first-order valence-corrected chi connectivity index (χ1v) is 10.1. The molecule has 0 spiro atoms. The molecular weight excluding hydrogens is 327 g/mol. The van der Waals surface area contributed by atoms with Gasteiger partial charge in [0.1, 0.15) is 0 Å². The Labute approximate surface area is 164 Å². The Kier molecular flexibility index (Phi) is 20.0. The molecule has 0 radical (unpaired) electrons. The molecule has 0 amide bonds. The zero-order valence-electron chi connectivity index (χ0n) is 14.0. The molecule has 0 aromatic rings. The first-order chi connectivity index (χ1) is 10.4. The molecule has 1 aliphatic rings. The maximum absolute atomic E-state index is 8.74. The summed E-state index contributed by atoms with van der Waals surface area (Å²) in [5.74, 6) is 0. The Balaban J connectivity index is 0. The van der Waals surface area contributed by atoms with Crippen molar-refractivity contribution in [1.82, 2.24) is 0 Å². The normalized spacial score (nSPS) is 16.2. The number of epoxide rings is 1. The van der Waals surface area contributed by atoms with E-state index in [1.807, 2.05) is 0 Å². The third-order valence-corrected chi connectivity index (χ3v) is 3.78. The Hall–Kier alpha value is 0.830. The zero-order chi connectivity index (χ0) is 16.7. The monoisotopic (exact) mass is 362 g/mol. The summed E-state index contributed by atoms with van der Waals surface area (Å²) in [7, 11) is -4.67. The van der Waals surface area contributed by atoms with Gasteiger partial charge in [0, 0.05) is 0 Å². The van der Waals surface area contributed by atoms with Gasteiger partial charge >= 0.3 is 40.0 Å². The van der Waals surface area contributed by atoms with Gasteiger partial charge in [-0.25, -0.2) is 0 Å². The van der Waals surface area contributed by atoms with Crippen LogP contribution >= 0.6 is 0 Å². The van der Waals surface area contributed by atoms with Crippen molar-refractivity contribution in [3.05, 3.63) is 0 Å². The molecule has 0 aliphatic carbocycles. The molecule has 1 heterocycles. The van der Waals surface area contributed by atoms with Crippen LogP contribution in [0.4, 0.5) is 0 Å². The van der Waals surface area contributed by atoms with Crippen LogP contribution < -0.4 is 0 Å². The van der Waals surface area contributed by atoms with Crippen molar-refractivity contribution < 1.29 is 22.3 Å². The minimum absolute atomic E-state index is 0. The first-order valence-electron chi connectivity index (χ1n) is 8.75. The molecule has 2 N–H and O–H groups in total. The topological polar surface area (TPSA) is 87.1 Å². The molecule has 1 saturated heterocycles. The van der Waals surface area contributed by atoms with Crippen molar-refractivity contribution in [1.29, 1.82) is 0 Å². The van der Waals surface area contributed by atoms with Gasteiger partial charge in [0.25, 0.3) is 0 Å². The fourth-order valence-electron chi connectivity index (χ4n) is 2.45. The fourth-order valence-corrected chi connectivity index (χ4v) is 2.45. The summed E-state index contributed by atoms with van der Waals surface area (Å²) >= 11 is 0. The molecule has 7 heteroatoms. The van der Waals surface area contributed by atoms with Crippen LogP contribution in [0, 0.1) is 0 Å². The van der Waals surface area contributed by atoms with Crippen molar-refractivity contribution in [2.24, 2.45) is 0 Å². The Bertz CT molecular complexity index is 323. The van der Waals surface area contributed by atoms with Crippen LogP contribution in [-0.2, 0) is 15.1 Å². The molecule has 5 nitrogen and oxygen atoms in total. The van der Waals surface area contributed by atoms with Crippen LogP contribution in [-0.4, -0.2) is 59.8 Å². The van der Waals surface area contributed by atoms with Gasteiger partial charge in [-0.15, -0.1) is 0 Å². The number of hydrogen-bond donors (Lipinski definition) is 2. The van der Waals surface area contributed by atoms with Crippen molar-refractivity contribution in [2.75, 3.05) is 6.61 Å². The van der Waals surface area contributed by atoms with Crippen molar-refractivity contribution in [3.8, 4) is 0 Å². The molecule has 0 bridgehead atoms. The average Bonchev–Trinajstić information content (AvgIpc) is 3.22. The van der Waals surface area contributed by atoms with Crippen LogP contribution in [0.2, 0.25) is 0 Å². The summed E-state index contributed by atoms with van der Waals surface area (Å²) < 4.78 is 36.8. The molecule has 23 heavy (non-hydrogen) atoms. The van der Waals surface area contributed by atoms with E-state index in [4.69, 9.17) is 22.3 Å². The van der Waals surface area contributed by atoms with Crippen LogP contribution in [0.25, 0.3) is 0 Å². The molecule has 0 saturated carbocycles. The van der Waals surface area contributed by atoms with E-state index >= 15 is 0 Å². The van der Waals surface area contributed by atoms with E-state index in [2.05, 4.69) is 6.92 Å². The number of rotatable bonds is 13. The van der Waals surface area contributed by atoms with E-state index in [0.717, 1.165) is 6.61 Å². The minimum atomic E-state index is -4.67. The quantitative estimate of drug-likeness (QED) is 0.222. The molecule has 1 atom stereocenters. The molecule has 0 aromatic carbocycles. The van der Waals surface area contributed by atoms with Crippen molar-refractivity contribution in [2.45, 2.75) is 96.5 Å². The van der Waals surface area contributed by atoms with E-state index < -0.39 is 10.4 Å². The molecule has 0 aromatic heterocycles. The SMILES string of the molecule is CCCCCCCCCCCCCCC1CO1.O=S(=O)(O)O.[NaH]. The summed E-state index contributed by atoms with van der Waals surface area (Å²) in [6.07, 6.45) is 19.3. The van der Waals surface area contributed by atoms with E-state index in [9.17, 15) is 0 Å². The summed E-state index contributed by atoms with van der Waals surface area (Å²) in [6.45, 7) is 3.33. The third kappa shape index (κ3) is 31.2. The van der Waals surface area contributed by atoms with Gasteiger partial charge in [0.05, 0.1) is 12.7 Å². The van der Waals surface area contributed by atoms with Gasteiger partial charge in [-0.2, -0.15) is 8.42 Å². The second kappa shape index (κ2) is 17.6. The number of ether oxygens (including phenoxy) is 1. The summed E-state index contributed by atoms with van der Waals surface area (Å²) in [5, 5.41) is 0. The van der Waals surface area contributed by atoms with Gasteiger partial charge in [0.15, 0.2) is 0 Å². The summed E-state index contributed by atoms with van der Waals surface area (Å²) in [5.41, 5.74) is 0.